The first-order valence-corrected chi connectivity index (χ1v) is 14.7. The summed E-state index contributed by atoms with van der Waals surface area (Å²) in [6.07, 6.45) is 8.42. The molecule has 2 aromatic carbocycles. The highest BCUT2D eigenvalue weighted by molar-refractivity contribution is 7.09. The van der Waals surface area contributed by atoms with Gasteiger partial charge in [0, 0.05) is 11.6 Å². The van der Waals surface area contributed by atoms with Gasteiger partial charge in [0.1, 0.15) is 24.7 Å². The molecule has 0 unspecified atom stereocenters. The van der Waals surface area contributed by atoms with Crippen LogP contribution in [-0.2, 0) is 19.6 Å². The van der Waals surface area contributed by atoms with Crippen molar-refractivity contribution in [3.8, 4) is 34.7 Å². The minimum atomic E-state index is 0.216. The lowest BCUT2D eigenvalue weighted by atomic mass is 10.2. The Morgan fingerprint density at radius 2 is 1.84 bits per heavy atom. The molecule has 0 aliphatic carbocycles. The third-order valence-corrected chi connectivity index (χ3v) is 7.64. The van der Waals surface area contributed by atoms with E-state index in [0.717, 1.165) is 33.9 Å². The molecule has 43 heavy (non-hydrogen) atoms. The fourth-order valence-electron chi connectivity index (χ4n) is 4.34. The van der Waals surface area contributed by atoms with E-state index in [-0.39, 0.29) is 13.2 Å². The van der Waals surface area contributed by atoms with Crippen LogP contribution in [0.4, 0.5) is 0 Å². The topological polar surface area (TPSA) is 97.6 Å². The van der Waals surface area contributed by atoms with Crippen molar-refractivity contribution < 1.29 is 23.0 Å². The molecule has 10 heteroatoms. The van der Waals surface area contributed by atoms with E-state index in [1.54, 1.807) is 36.8 Å². The SMILES string of the molecule is CCc1nc(C=Cc2cn(-c3ccccc3)nc2OCc2ccc(OCc3nc(-c4ccco4)oc3C)c(OC)c2)cs1. The fraction of sp³-hybridized carbons (Fsp3) is 0.182. The average molecular weight is 595 g/mol. The monoisotopic (exact) mass is 594 g/mol. The molecule has 0 atom stereocenters. The van der Waals surface area contributed by atoms with Gasteiger partial charge in [-0.05, 0) is 67.5 Å². The zero-order valence-corrected chi connectivity index (χ0v) is 24.8. The van der Waals surface area contributed by atoms with Gasteiger partial charge in [-0.2, -0.15) is 0 Å². The Balaban J connectivity index is 1.17. The number of para-hydroxylation sites is 1. The number of hydrogen-bond donors (Lipinski definition) is 0. The number of methoxy groups -OCH3 is 1. The molecule has 218 valence electrons. The number of rotatable bonds is 12. The zero-order valence-electron chi connectivity index (χ0n) is 24.0. The second-order valence-electron chi connectivity index (χ2n) is 9.58. The molecule has 0 fully saturated rings. The summed E-state index contributed by atoms with van der Waals surface area (Å²) in [6, 6.07) is 19.2. The predicted molar refractivity (Wildman–Crippen MR) is 165 cm³/mol. The van der Waals surface area contributed by atoms with Crippen LogP contribution in [0.2, 0.25) is 0 Å². The lowest BCUT2D eigenvalue weighted by Crippen LogP contribution is -2.02. The van der Waals surface area contributed by atoms with Gasteiger partial charge in [0.05, 0.1) is 35.3 Å². The number of thiazole rings is 1. The van der Waals surface area contributed by atoms with Gasteiger partial charge in [0.15, 0.2) is 17.3 Å². The van der Waals surface area contributed by atoms with Crippen LogP contribution in [-0.4, -0.2) is 26.9 Å². The Bertz CT molecular complexity index is 1820. The van der Waals surface area contributed by atoms with E-state index in [9.17, 15) is 0 Å². The van der Waals surface area contributed by atoms with Gasteiger partial charge in [-0.3, -0.25) is 0 Å². The molecule has 0 aliphatic heterocycles. The average Bonchev–Trinajstić information content (AvgIpc) is 3.86. The van der Waals surface area contributed by atoms with Gasteiger partial charge >= 0.3 is 0 Å². The van der Waals surface area contributed by atoms with Crippen LogP contribution < -0.4 is 14.2 Å². The van der Waals surface area contributed by atoms with Crippen molar-refractivity contribution in [2.24, 2.45) is 0 Å². The van der Waals surface area contributed by atoms with E-state index >= 15 is 0 Å². The molecular weight excluding hydrogens is 564 g/mol. The molecule has 0 saturated heterocycles. The van der Waals surface area contributed by atoms with Crippen molar-refractivity contribution in [1.82, 2.24) is 19.7 Å². The Hall–Kier alpha value is -5.09. The number of furan rings is 1. The smallest absolute Gasteiger partial charge is 0.263 e. The first-order valence-electron chi connectivity index (χ1n) is 13.8. The summed E-state index contributed by atoms with van der Waals surface area (Å²) >= 11 is 1.66. The normalized spacial score (nSPS) is 11.3. The summed E-state index contributed by atoms with van der Waals surface area (Å²) in [7, 11) is 1.61. The Morgan fingerprint density at radius 3 is 2.60 bits per heavy atom. The third-order valence-electron chi connectivity index (χ3n) is 6.63. The Labute approximate surface area is 253 Å². The van der Waals surface area contributed by atoms with Crippen LogP contribution >= 0.6 is 11.3 Å². The van der Waals surface area contributed by atoms with Gasteiger partial charge in [-0.15, -0.1) is 16.4 Å². The minimum absolute atomic E-state index is 0.216. The van der Waals surface area contributed by atoms with Crippen molar-refractivity contribution in [3.05, 3.63) is 112 Å². The van der Waals surface area contributed by atoms with Crippen LogP contribution in [0, 0.1) is 6.92 Å². The molecular formula is C33H30N4O5S. The summed E-state index contributed by atoms with van der Waals surface area (Å²) in [5.41, 5.74) is 4.28. The highest BCUT2D eigenvalue weighted by Crippen LogP contribution is 2.31. The second-order valence-corrected chi connectivity index (χ2v) is 10.5. The maximum Gasteiger partial charge on any atom is 0.263 e. The second kappa shape index (κ2) is 12.8. The number of aromatic nitrogens is 4. The molecule has 0 N–H and O–H groups in total. The lowest BCUT2D eigenvalue weighted by molar-refractivity contribution is 0.275. The number of ether oxygens (including phenoxy) is 3. The van der Waals surface area contributed by atoms with Gasteiger partial charge in [-0.1, -0.05) is 31.2 Å². The van der Waals surface area contributed by atoms with Gasteiger partial charge < -0.3 is 23.0 Å². The van der Waals surface area contributed by atoms with Crippen LogP contribution in [0.15, 0.2) is 87.3 Å². The van der Waals surface area contributed by atoms with E-state index in [0.29, 0.717) is 40.5 Å². The van der Waals surface area contributed by atoms with Crippen molar-refractivity contribution in [2.75, 3.05) is 7.11 Å². The quantitative estimate of drug-likeness (QED) is 0.142. The lowest BCUT2D eigenvalue weighted by Gasteiger charge is -2.12. The van der Waals surface area contributed by atoms with Crippen LogP contribution in [0.25, 0.3) is 29.5 Å². The van der Waals surface area contributed by atoms with Crippen molar-refractivity contribution in [1.29, 1.82) is 0 Å². The summed E-state index contributed by atoms with van der Waals surface area (Å²) < 4.78 is 30.8. The highest BCUT2D eigenvalue weighted by atomic mass is 32.1. The number of nitrogens with zero attached hydrogens (tertiary/aromatic N) is 4. The standard InChI is InChI=1S/C33H30N4O5S/c1-4-31-34-25(21-43-31)14-13-24-18-37(26-9-6-5-7-10-26)36-32(24)41-19-23-12-15-28(30(17-23)38-3)40-20-27-22(2)42-33(35-27)29-11-8-16-39-29/h5-18,21H,4,19-20H2,1-3H3. The number of aryl methyl sites for hydroxylation is 2. The molecule has 4 aromatic heterocycles. The van der Waals surface area contributed by atoms with Crippen LogP contribution in [0.1, 0.15) is 40.2 Å². The summed E-state index contributed by atoms with van der Waals surface area (Å²) in [6.45, 7) is 4.45. The third kappa shape index (κ3) is 6.54. The van der Waals surface area contributed by atoms with E-state index in [2.05, 4.69) is 22.3 Å². The zero-order chi connectivity index (χ0) is 29.6. The predicted octanol–water partition coefficient (Wildman–Crippen LogP) is 7.78. The maximum atomic E-state index is 6.23. The molecule has 9 nitrogen and oxygen atoms in total. The van der Waals surface area contributed by atoms with Crippen LogP contribution in [0.3, 0.4) is 0 Å². The molecule has 0 saturated carbocycles. The number of benzene rings is 2. The molecule has 0 radical (unpaired) electrons. The molecule has 0 amide bonds. The molecule has 0 aliphatic rings. The highest BCUT2D eigenvalue weighted by Gasteiger charge is 2.16. The van der Waals surface area contributed by atoms with E-state index in [4.69, 9.17) is 28.1 Å². The van der Waals surface area contributed by atoms with Crippen molar-refractivity contribution in [3.63, 3.8) is 0 Å². The maximum absolute atomic E-state index is 6.23. The Kier molecular flexibility index (Phi) is 8.37. The van der Waals surface area contributed by atoms with Crippen LogP contribution in [0.5, 0.6) is 17.4 Å². The van der Waals surface area contributed by atoms with E-state index in [1.807, 2.05) is 78.5 Å². The fourth-order valence-corrected chi connectivity index (χ4v) is 5.05. The van der Waals surface area contributed by atoms with Gasteiger partial charge in [0.25, 0.3) is 5.89 Å². The Morgan fingerprint density at radius 1 is 0.953 bits per heavy atom. The molecule has 0 spiro atoms. The molecule has 6 aromatic rings. The van der Waals surface area contributed by atoms with E-state index in [1.165, 1.54) is 0 Å². The summed E-state index contributed by atoms with van der Waals surface area (Å²) in [4.78, 5) is 9.15. The van der Waals surface area contributed by atoms with Crippen molar-refractivity contribution >= 4 is 23.5 Å². The van der Waals surface area contributed by atoms with Gasteiger partial charge in [-0.25, -0.2) is 14.6 Å². The molecule has 0 bridgehead atoms. The first kappa shape index (κ1) is 28.0. The summed E-state index contributed by atoms with van der Waals surface area (Å²) in [5.74, 6) is 3.33. The molecule has 4 heterocycles. The largest absolute Gasteiger partial charge is 0.493 e. The number of oxazole rings is 1. The molecule has 6 rings (SSSR count). The first-order chi connectivity index (χ1) is 21.1. The van der Waals surface area contributed by atoms with Crippen molar-refractivity contribution in [2.45, 2.75) is 33.5 Å². The summed E-state index contributed by atoms with van der Waals surface area (Å²) in [5, 5.41) is 7.88. The van der Waals surface area contributed by atoms with E-state index < -0.39 is 0 Å². The minimum Gasteiger partial charge on any atom is -0.493 e. The number of hydrogen-bond acceptors (Lipinski definition) is 9. The van der Waals surface area contributed by atoms with Gasteiger partial charge in [0.2, 0.25) is 5.88 Å².